The first-order valence-electron chi connectivity index (χ1n) is 5.93. The maximum absolute atomic E-state index is 11.1. The molecule has 2 atom stereocenters. The predicted octanol–water partition coefficient (Wildman–Crippen LogP) is 2.27. The molecule has 1 amide bonds. The highest BCUT2D eigenvalue weighted by atomic mass is 35.5. The largest absolute Gasteiger partial charge is 0.355 e. The van der Waals surface area contributed by atoms with Crippen LogP contribution < -0.4 is 10.6 Å². The number of carbonyl (C=O) groups is 1. The number of halogens is 1. The second-order valence-corrected chi connectivity index (χ2v) is 4.92. The Labute approximate surface area is 107 Å². The van der Waals surface area contributed by atoms with Crippen LogP contribution >= 0.6 is 11.6 Å². The minimum Gasteiger partial charge on any atom is -0.355 e. The fourth-order valence-corrected chi connectivity index (χ4v) is 2.30. The lowest BCUT2D eigenvalue weighted by molar-refractivity contribution is -0.122. The molecule has 4 heteroatoms. The molecule has 0 bridgehead atoms. The lowest BCUT2D eigenvalue weighted by atomic mass is 10.0. The van der Waals surface area contributed by atoms with Crippen molar-refractivity contribution < 1.29 is 4.79 Å². The molecule has 1 fully saturated rings. The van der Waals surface area contributed by atoms with Crippen LogP contribution in [-0.4, -0.2) is 18.5 Å². The van der Waals surface area contributed by atoms with E-state index in [1.54, 1.807) is 0 Å². The predicted molar refractivity (Wildman–Crippen MR) is 69.0 cm³/mol. The molecule has 3 nitrogen and oxygen atoms in total. The molecule has 0 spiro atoms. The fourth-order valence-electron chi connectivity index (χ4n) is 2.10. The van der Waals surface area contributed by atoms with Gasteiger partial charge in [0.25, 0.3) is 0 Å². The summed E-state index contributed by atoms with van der Waals surface area (Å²) < 4.78 is 0. The van der Waals surface area contributed by atoms with E-state index >= 15 is 0 Å². The number of hydrogen-bond donors (Lipinski definition) is 2. The number of carbonyl (C=O) groups excluding carboxylic acids is 1. The van der Waals surface area contributed by atoms with Gasteiger partial charge in [-0.15, -0.1) is 0 Å². The van der Waals surface area contributed by atoms with Crippen molar-refractivity contribution in [1.82, 2.24) is 10.6 Å². The van der Waals surface area contributed by atoms with E-state index in [-0.39, 0.29) is 11.9 Å². The van der Waals surface area contributed by atoms with Crippen molar-refractivity contribution in [2.24, 2.45) is 0 Å². The number of amides is 1. The lowest BCUT2D eigenvalue weighted by Crippen LogP contribution is -2.46. The highest BCUT2D eigenvalue weighted by molar-refractivity contribution is 6.30. The quantitative estimate of drug-likeness (QED) is 0.867. The van der Waals surface area contributed by atoms with Gasteiger partial charge in [-0.3, -0.25) is 4.79 Å². The van der Waals surface area contributed by atoms with E-state index in [4.69, 9.17) is 11.6 Å². The Morgan fingerprint density at radius 3 is 3.00 bits per heavy atom. The van der Waals surface area contributed by atoms with E-state index in [1.165, 1.54) is 5.56 Å². The van der Waals surface area contributed by atoms with Crippen LogP contribution in [0.3, 0.4) is 0 Å². The van der Waals surface area contributed by atoms with Gasteiger partial charge in [-0.1, -0.05) is 23.7 Å². The first-order valence-corrected chi connectivity index (χ1v) is 6.31. The molecule has 17 heavy (non-hydrogen) atoms. The summed E-state index contributed by atoms with van der Waals surface area (Å²) in [5, 5.41) is 7.14. The standard InChI is InChI=1S/C13H17ClN2O/c1-9(10-3-2-4-11(14)7-10)16-12-5-6-13(17)15-8-12/h2-4,7,9,12,16H,5-6,8H2,1H3,(H,15,17). The van der Waals surface area contributed by atoms with Gasteiger partial charge in [0.15, 0.2) is 0 Å². The summed E-state index contributed by atoms with van der Waals surface area (Å²) >= 11 is 5.97. The normalized spacial score (nSPS) is 22.0. The van der Waals surface area contributed by atoms with Crippen LogP contribution in [0, 0.1) is 0 Å². The summed E-state index contributed by atoms with van der Waals surface area (Å²) in [7, 11) is 0. The second-order valence-electron chi connectivity index (χ2n) is 4.48. The number of hydrogen-bond acceptors (Lipinski definition) is 2. The van der Waals surface area contributed by atoms with Gasteiger partial charge in [0.1, 0.15) is 0 Å². The minimum atomic E-state index is 0.151. The Bertz CT molecular complexity index is 398. The number of nitrogens with one attached hydrogen (secondary N) is 2. The topological polar surface area (TPSA) is 41.1 Å². The van der Waals surface area contributed by atoms with Gasteiger partial charge in [-0.05, 0) is 31.0 Å². The third kappa shape index (κ3) is 3.45. The molecule has 1 heterocycles. The number of rotatable bonds is 3. The Kier molecular flexibility index (Phi) is 4.02. The SMILES string of the molecule is CC(NC1CCC(=O)NC1)c1cccc(Cl)c1. The summed E-state index contributed by atoms with van der Waals surface area (Å²) in [6.45, 7) is 2.83. The van der Waals surface area contributed by atoms with Crippen molar-refractivity contribution >= 4 is 17.5 Å². The first-order chi connectivity index (χ1) is 8.15. The van der Waals surface area contributed by atoms with Gasteiger partial charge in [-0.2, -0.15) is 0 Å². The summed E-state index contributed by atoms with van der Waals surface area (Å²) in [5.41, 5.74) is 1.18. The smallest absolute Gasteiger partial charge is 0.220 e. The Morgan fingerprint density at radius 2 is 2.35 bits per heavy atom. The molecular weight excluding hydrogens is 236 g/mol. The molecule has 2 rings (SSSR count). The van der Waals surface area contributed by atoms with E-state index in [9.17, 15) is 4.79 Å². The molecule has 2 unspecified atom stereocenters. The summed E-state index contributed by atoms with van der Waals surface area (Å²) in [4.78, 5) is 11.1. The third-order valence-electron chi connectivity index (χ3n) is 3.10. The maximum atomic E-state index is 11.1. The van der Waals surface area contributed by atoms with Crippen LogP contribution in [0.15, 0.2) is 24.3 Å². The minimum absolute atomic E-state index is 0.151. The summed E-state index contributed by atoms with van der Waals surface area (Å²) in [5.74, 6) is 0.151. The van der Waals surface area contributed by atoms with E-state index in [2.05, 4.69) is 23.6 Å². The van der Waals surface area contributed by atoms with Crippen LogP contribution in [0.2, 0.25) is 5.02 Å². The van der Waals surface area contributed by atoms with Gasteiger partial charge in [-0.25, -0.2) is 0 Å². The van der Waals surface area contributed by atoms with Crippen molar-refractivity contribution in [2.75, 3.05) is 6.54 Å². The third-order valence-corrected chi connectivity index (χ3v) is 3.33. The molecule has 1 aliphatic rings. The van der Waals surface area contributed by atoms with Gasteiger partial charge >= 0.3 is 0 Å². The van der Waals surface area contributed by atoms with Gasteiger partial charge in [0.2, 0.25) is 5.91 Å². The molecule has 0 radical (unpaired) electrons. The highest BCUT2D eigenvalue weighted by Crippen LogP contribution is 2.18. The number of benzene rings is 1. The molecule has 0 saturated carbocycles. The average molecular weight is 253 g/mol. The summed E-state index contributed by atoms with van der Waals surface area (Å²) in [6, 6.07) is 8.46. The van der Waals surface area contributed by atoms with Crippen molar-refractivity contribution in [3.63, 3.8) is 0 Å². The summed E-state index contributed by atoms with van der Waals surface area (Å²) in [6.07, 6.45) is 1.51. The zero-order chi connectivity index (χ0) is 12.3. The van der Waals surface area contributed by atoms with E-state index < -0.39 is 0 Å². The lowest BCUT2D eigenvalue weighted by Gasteiger charge is -2.27. The van der Waals surface area contributed by atoms with E-state index in [0.717, 1.165) is 11.4 Å². The van der Waals surface area contributed by atoms with Crippen LogP contribution in [0.5, 0.6) is 0 Å². The highest BCUT2D eigenvalue weighted by Gasteiger charge is 2.19. The zero-order valence-corrected chi connectivity index (χ0v) is 10.6. The van der Waals surface area contributed by atoms with Crippen LogP contribution in [0.1, 0.15) is 31.4 Å². The van der Waals surface area contributed by atoms with Crippen LogP contribution in [0.25, 0.3) is 0 Å². The average Bonchev–Trinajstić information content (AvgIpc) is 2.32. The van der Waals surface area contributed by atoms with E-state index in [0.29, 0.717) is 19.0 Å². The molecule has 1 aromatic carbocycles. The first kappa shape index (κ1) is 12.4. The van der Waals surface area contributed by atoms with Gasteiger partial charge in [0, 0.05) is 30.1 Å². The van der Waals surface area contributed by atoms with Crippen LogP contribution in [0.4, 0.5) is 0 Å². The van der Waals surface area contributed by atoms with Crippen LogP contribution in [-0.2, 0) is 4.79 Å². The number of piperidine rings is 1. The molecule has 0 aliphatic carbocycles. The Morgan fingerprint density at radius 1 is 1.53 bits per heavy atom. The fraction of sp³-hybridized carbons (Fsp3) is 0.462. The zero-order valence-electron chi connectivity index (χ0n) is 9.87. The molecule has 0 aromatic heterocycles. The van der Waals surface area contributed by atoms with Crippen molar-refractivity contribution in [2.45, 2.75) is 31.8 Å². The van der Waals surface area contributed by atoms with Gasteiger partial charge < -0.3 is 10.6 Å². The second kappa shape index (κ2) is 5.52. The molecule has 1 aromatic rings. The maximum Gasteiger partial charge on any atom is 0.220 e. The van der Waals surface area contributed by atoms with Gasteiger partial charge in [0.05, 0.1) is 0 Å². The molecule has 1 aliphatic heterocycles. The van der Waals surface area contributed by atoms with Crippen molar-refractivity contribution in [1.29, 1.82) is 0 Å². The Balaban J connectivity index is 1.92. The van der Waals surface area contributed by atoms with Crippen molar-refractivity contribution in [3.05, 3.63) is 34.9 Å². The molecular formula is C13H17ClN2O. The molecule has 2 N–H and O–H groups in total. The Hall–Kier alpha value is -1.06. The van der Waals surface area contributed by atoms with Crippen molar-refractivity contribution in [3.8, 4) is 0 Å². The molecule has 92 valence electrons. The monoisotopic (exact) mass is 252 g/mol. The molecule has 1 saturated heterocycles. The van der Waals surface area contributed by atoms with E-state index in [1.807, 2.05) is 18.2 Å².